The number of hydrazone groups is 1. The molecule has 0 unspecified atom stereocenters. The Bertz CT molecular complexity index is 1310. The fourth-order valence-corrected chi connectivity index (χ4v) is 5.25. The number of hydrogen-bond acceptors (Lipinski definition) is 8. The second-order valence-corrected chi connectivity index (χ2v) is 8.99. The molecule has 0 N–H and O–H groups in total. The SMILES string of the molecule is O=C1[C@@H]2[C@H](C(=O)N1N=Cc1cc(Cl)cc([N+](=O)[O-])c1OCc1cccc([N+](=O)[O-])c1)[C@H]1C=C[C@H]2C1. The van der Waals surface area contributed by atoms with E-state index in [4.69, 9.17) is 16.3 Å². The molecule has 2 aromatic rings. The standard InChI is InChI=1S/C23H17ClN4O7/c24-16-8-15(10-25-26-22(29)19-13-4-5-14(7-13)20(19)23(26)30)21(18(9-16)28(33)34)35-11-12-2-1-3-17(6-12)27(31)32/h1-6,8-10,13-14,19-20H,7,11H2/t13-,14-,19-,20+/m0/s1. The van der Waals surface area contributed by atoms with Gasteiger partial charge in [0.05, 0.1) is 27.9 Å². The Kier molecular flexibility index (Phi) is 5.56. The van der Waals surface area contributed by atoms with Crippen LogP contribution in [0.4, 0.5) is 11.4 Å². The second kappa shape index (κ2) is 8.58. The average molecular weight is 497 g/mol. The van der Waals surface area contributed by atoms with Gasteiger partial charge < -0.3 is 4.74 Å². The summed E-state index contributed by atoms with van der Waals surface area (Å²) in [6.45, 7) is -0.217. The second-order valence-electron chi connectivity index (χ2n) is 8.55. The zero-order valence-corrected chi connectivity index (χ0v) is 18.7. The van der Waals surface area contributed by atoms with Gasteiger partial charge in [-0.25, -0.2) is 0 Å². The molecule has 12 heteroatoms. The average Bonchev–Trinajstić information content (AvgIpc) is 3.51. The molecule has 1 saturated carbocycles. The van der Waals surface area contributed by atoms with Crippen molar-refractivity contribution in [2.75, 3.05) is 0 Å². The number of benzene rings is 2. The Morgan fingerprint density at radius 1 is 1.06 bits per heavy atom. The smallest absolute Gasteiger partial charge is 0.313 e. The highest BCUT2D eigenvalue weighted by atomic mass is 35.5. The summed E-state index contributed by atoms with van der Waals surface area (Å²) in [6.07, 6.45) is 5.84. The quantitative estimate of drug-likeness (QED) is 0.186. The normalized spacial score (nSPS) is 24.4. The molecule has 178 valence electrons. The maximum atomic E-state index is 12.9. The fraction of sp³-hybridized carbons (Fsp3) is 0.261. The molecule has 0 spiro atoms. The number of carbonyl (C=O) groups excluding carboxylic acids is 2. The highest BCUT2D eigenvalue weighted by Crippen LogP contribution is 2.52. The van der Waals surface area contributed by atoms with Crippen molar-refractivity contribution in [1.82, 2.24) is 5.01 Å². The van der Waals surface area contributed by atoms with E-state index >= 15 is 0 Å². The summed E-state index contributed by atoms with van der Waals surface area (Å²) in [5, 5.41) is 27.6. The molecule has 4 atom stereocenters. The van der Waals surface area contributed by atoms with Crippen molar-refractivity contribution in [3.05, 3.63) is 84.9 Å². The minimum absolute atomic E-state index is 0.0164. The van der Waals surface area contributed by atoms with E-state index in [1.54, 1.807) is 6.07 Å². The van der Waals surface area contributed by atoms with Gasteiger partial charge in [-0.05, 0) is 29.9 Å². The third-order valence-corrected chi connectivity index (χ3v) is 6.74. The Hall–Kier alpha value is -4.12. The number of imide groups is 1. The highest BCUT2D eigenvalue weighted by Gasteiger charge is 2.59. The summed E-state index contributed by atoms with van der Waals surface area (Å²) in [6, 6.07) is 8.11. The van der Waals surface area contributed by atoms with E-state index in [0.717, 1.165) is 23.7 Å². The first-order chi connectivity index (χ1) is 16.7. The minimum atomic E-state index is -0.689. The molecule has 1 saturated heterocycles. The van der Waals surface area contributed by atoms with Gasteiger partial charge in [0.15, 0.2) is 0 Å². The molecule has 2 bridgehead atoms. The topological polar surface area (TPSA) is 145 Å². The van der Waals surface area contributed by atoms with Crippen molar-refractivity contribution in [2.45, 2.75) is 13.0 Å². The summed E-state index contributed by atoms with van der Waals surface area (Å²) >= 11 is 6.06. The van der Waals surface area contributed by atoms with Crippen LogP contribution in [0.3, 0.4) is 0 Å². The Morgan fingerprint density at radius 3 is 2.37 bits per heavy atom. The van der Waals surface area contributed by atoms with E-state index in [9.17, 15) is 29.8 Å². The van der Waals surface area contributed by atoms with Crippen LogP contribution in [-0.4, -0.2) is 32.9 Å². The Balaban J connectivity index is 1.44. The number of allylic oxidation sites excluding steroid dienone is 2. The van der Waals surface area contributed by atoms with Gasteiger partial charge in [0, 0.05) is 28.8 Å². The summed E-state index contributed by atoms with van der Waals surface area (Å²) < 4.78 is 5.68. The first kappa shape index (κ1) is 22.7. The fourth-order valence-electron chi connectivity index (χ4n) is 5.02. The third-order valence-electron chi connectivity index (χ3n) is 6.52. The van der Waals surface area contributed by atoms with Gasteiger partial charge in [-0.15, -0.1) is 0 Å². The van der Waals surface area contributed by atoms with Crippen molar-refractivity contribution >= 4 is 41.0 Å². The number of carbonyl (C=O) groups is 2. The van der Waals surface area contributed by atoms with Crippen molar-refractivity contribution in [3.8, 4) is 5.75 Å². The molecule has 3 aliphatic rings. The lowest BCUT2D eigenvalue weighted by atomic mass is 9.85. The number of nitrogens with zero attached hydrogens (tertiary/aromatic N) is 4. The monoisotopic (exact) mass is 496 g/mol. The van der Waals surface area contributed by atoms with Crippen LogP contribution in [0.2, 0.25) is 5.02 Å². The van der Waals surface area contributed by atoms with Gasteiger partial charge in [-0.1, -0.05) is 35.9 Å². The molecule has 2 fully saturated rings. The van der Waals surface area contributed by atoms with Gasteiger partial charge in [-0.2, -0.15) is 10.1 Å². The van der Waals surface area contributed by atoms with E-state index < -0.39 is 39.2 Å². The van der Waals surface area contributed by atoms with Gasteiger partial charge in [-0.3, -0.25) is 29.8 Å². The molecule has 35 heavy (non-hydrogen) atoms. The van der Waals surface area contributed by atoms with Crippen LogP contribution >= 0.6 is 11.6 Å². The lowest BCUT2D eigenvalue weighted by Crippen LogP contribution is -2.28. The lowest BCUT2D eigenvalue weighted by molar-refractivity contribution is -0.386. The van der Waals surface area contributed by atoms with Crippen LogP contribution in [0.25, 0.3) is 0 Å². The number of non-ortho nitro benzene ring substituents is 1. The molecular weight excluding hydrogens is 480 g/mol. The van der Waals surface area contributed by atoms with Gasteiger partial charge in [0.1, 0.15) is 6.61 Å². The zero-order chi connectivity index (χ0) is 24.9. The van der Waals surface area contributed by atoms with Crippen molar-refractivity contribution in [3.63, 3.8) is 0 Å². The molecule has 1 aliphatic heterocycles. The van der Waals surface area contributed by atoms with Crippen molar-refractivity contribution in [2.24, 2.45) is 28.8 Å². The van der Waals surface area contributed by atoms with Crippen LogP contribution < -0.4 is 4.74 Å². The number of halogens is 1. The summed E-state index contributed by atoms with van der Waals surface area (Å²) in [5.74, 6) is -1.84. The number of nitro benzene ring substituents is 2. The molecule has 2 amide bonds. The first-order valence-electron chi connectivity index (χ1n) is 10.7. The summed E-state index contributed by atoms with van der Waals surface area (Å²) in [7, 11) is 0. The van der Waals surface area contributed by atoms with Crippen molar-refractivity contribution in [1.29, 1.82) is 0 Å². The Labute approximate surface area is 202 Å². The minimum Gasteiger partial charge on any atom is -0.481 e. The highest BCUT2D eigenvalue weighted by molar-refractivity contribution is 6.31. The van der Waals surface area contributed by atoms with E-state index in [0.29, 0.717) is 5.56 Å². The van der Waals surface area contributed by atoms with Crippen LogP contribution in [0, 0.1) is 43.9 Å². The number of rotatable bonds is 7. The Morgan fingerprint density at radius 2 is 1.74 bits per heavy atom. The largest absolute Gasteiger partial charge is 0.481 e. The van der Waals surface area contributed by atoms with Gasteiger partial charge in [0.25, 0.3) is 17.5 Å². The zero-order valence-electron chi connectivity index (χ0n) is 17.9. The summed E-state index contributed by atoms with van der Waals surface area (Å²) in [4.78, 5) is 47.2. The predicted octanol–water partition coefficient (Wildman–Crippen LogP) is 3.88. The summed E-state index contributed by atoms with van der Waals surface area (Å²) in [5.41, 5.74) is -0.124. The van der Waals surface area contributed by atoms with Gasteiger partial charge in [0.2, 0.25) is 5.75 Å². The molecule has 0 aromatic heterocycles. The predicted molar refractivity (Wildman–Crippen MR) is 123 cm³/mol. The maximum absolute atomic E-state index is 12.9. The number of fused-ring (bicyclic) bond motifs is 5. The number of nitro groups is 2. The molecule has 1 heterocycles. The molecule has 11 nitrogen and oxygen atoms in total. The molecule has 5 rings (SSSR count). The number of hydrogen-bond donors (Lipinski definition) is 0. The van der Waals surface area contributed by atoms with E-state index in [1.807, 2.05) is 12.2 Å². The van der Waals surface area contributed by atoms with Crippen LogP contribution in [-0.2, 0) is 16.2 Å². The number of ether oxygens (including phenoxy) is 1. The van der Waals surface area contributed by atoms with Gasteiger partial charge >= 0.3 is 5.69 Å². The van der Waals surface area contributed by atoms with E-state index in [1.165, 1.54) is 24.3 Å². The first-order valence-corrected chi connectivity index (χ1v) is 11.1. The lowest BCUT2D eigenvalue weighted by Gasteiger charge is -2.13. The van der Waals surface area contributed by atoms with Crippen LogP contribution in [0.5, 0.6) is 5.75 Å². The number of amides is 2. The van der Waals surface area contributed by atoms with Crippen molar-refractivity contribution < 1.29 is 24.2 Å². The molecule has 2 aromatic carbocycles. The van der Waals surface area contributed by atoms with E-state index in [2.05, 4.69) is 5.10 Å². The molecule has 2 aliphatic carbocycles. The van der Waals surface area contributed by atoms with E-state index in [-0.39, 0.29) is 40.5 Å². The van der Waals surface area contributed by atoms with Crippen LogP contribution in [0.1, 0.15) is 17.5 Å². The third kappa shape index (κ3) is 3.93. The molecular formula is C23H17ClN4O7. The van der Waals surface area contributed by atoms with Crippen LogP contribution in [0.15, 0.2) is 53.7 Å². The molecule has 0 radical (unpaired) electrons. The maximum Gasteiger partial charge on any atom is 0.313 e.